The van der Waals surface area contributed by atoms with Gasteiger partial charge in [0.05, 0.1) is 10.5 Å². The molecule has 0 amide bonds. The summed E-state index contributed by atoms with van der Waals surface area (Å²) in [6.45, 7) is 6.52. The van der Waals surface area contributed by atoms with Gasteiger partial charge in [-0.25, -0.2) is 8.42 Å². The molecule has 0 N–H and O–H groups in total. The lowest BCUT2D eigenvalue weighted by molar-refractivity contribution is 0.585. The average molecular weight is 304 g/mol. The molecule has 21 heavy (non-hydrogen) atoms. The highest BCUT2D eigenvalue weighted by molar-refractivity contribution is 7.93. The lowest BCUT2D eigenvalue weighted by atomic mass is 9.88. The number of rotatable bonds is 3. The van der Waals surface area contributed by atoms with Crippen LogP contribution in [0.2, 0.25) is 0 Å². The number of hydrogen-bond acceptors (Lipinski definition) is 2. The molecule has 0 saturated carbocycles. The van der Waals surface area contributed by atoms with Crippen molar-refractivity contribution in [2.45, 2.75) is 63.4 Å². The lowest BCUT2D eigenvalue weighted by Crippen LogP contribution is -2.26. The zero-order valence-electron chi connectivity index (χ0n) is 13.1. The van der Waals surface area contributed by atoms with Crippen LogP contribution in [0, 0.1) is 6.92 Å². The molecule has 0 spiro atoms. The second-order valence-corrected chi connectivity index (χ2v) is 8.84. The van der Waals surface area contributed by atoms with Crippen molar-refractivity contribution >= 4 is 15.4 Å². The molecule has 114 valence electrons. The van der Waals surface area contributed by atoms with Crippen molar-refractivity contribution in [3.63, 3.8) is 0 Å². The standard InChI is InChI=1S/C18H24O2S/c1-4-13-8-12(3)9-14(5-2)18(13)15-10-16-6-7-17(11-15)21(16,19)20/h8-10,16-17H,4-7,11H2,1-3H3. The summed E-state index contributed by atoms with van der Waals surface area (Å²) in [5.74, 6) is 0. The maximum atomic E-state index is 12.3. The third-order valence-corrected chi connectivity index (χ3v) is 7.57. The minimum Gasteiger partial charge on any atom is -0.228 e. The molecule has 3 rings (SSSR count). The Morgan fingerprint density at radius 3 is 2.24 bits per heavy atom. The maximum Gasteiger partial charge on any atom is 0.159 e. The highest BCUT2D eigenvalue weighted by atomic mass is 32.2. The van der Waals surface area contributed by atoms with Crippen molar-refractivity contribution in [1.82, 2.24) is 0 Å². The summed E-state index contributed by atoms with van der Waals surface area (Å²) in [6, 6.07) is 4.53. The van der Waals surface area contributed by atoms with E-state index < -0.39 is 9.84 Å². The van der Waals surface area contributed by atoms with Crippen LogP contribution in [-0.2, 0) is 22.7 Å². The second kappa shape index (κ2) is 5.28. The van der Waals surface area contributed by atoms with Gasteiger partial charge in [-0.05, 0) is 61.3 Å². The zero-order chi connectivity index (χ0) is 15.2. The zero-order valence-corrected chi connectivity index (χ0v) is 14.0. The molecular weight excluding hydrogens is 280 g/mol. The van der Waals surface area contributed by atoms with Crippen molar-refractivity contribution in [3.05, 3.63) is 40.5 Å². The molecule has 2 aliphatic rings. The van der Waals surface area contributed by atoms with Gasteiger partial charge in [-0.1, -0.05) is 37.6 Å². The Morgan fingerprint density at radius 1 is 1.10 bits per heavy atom. The Balaban J connectivity index is 2.14. The summed E-state index contributed by atoms with van der Waals surface area (Å²) >= 11 is 0. The fourth-order valence-corrected chi connectivity index (χ4v) is 6.15. The quantitative estimate of drug-likeness (QED) is 0.850. The SMILES string of the molecule is CCc1cc(C)cc(CC)c1C1=CC2CCC(C1)S2(=O)=O. The van der Waals surface area contributed by atoms with Gasteiger partial charge in [0, 0.05) is 0 Å². The first kappa shape index (κ1) is 14.8. The van der Waals surface area contributed by atoms with Crippen LogP contribution in [0.25, 0.3) is 5.57 Å². The van der Waals surface area contributed by atoms with Crippen LogP contribution < -0.4 is 0 Å². The van der Waals surface area contributed by atoms with Crippen LogP contribution in [-0.4, -0.2) is 18.9 Å². The molecule has 2 aliphatic heterocycles. The summed E-state index contributed by atoms with van der Waals surface area (Å²) in [5.41, 5.74) is 6.68. The van der Waals surface area contributed by atoms with Gasteiger partial charge < -0.3 is 0 Å². The molecule has 2 nitrogen and oxygen atoms in total. The van der Waals surface area contributed by atoms with E-state index in [0.29, 0.717) is 6.42 Å². The molecule has 2 unspecified atom stereocenters. The molecule has 2 atom stereocenters. The van der Waals surface area contributed by atoms with Crippen molar-refractivity contribution in [1.29, 1.82) is 0 Å². The lowest BCUT2D eigenvalue weighted by Gasteiger charge is -2.24. The number of sulfone groups is 1. The average Bonchev–Trinajstić information content (AvgIpc) is 2.66. The Hall–Kier alpha value is -1.09. The Morgan fingerprint density at radius 2 is 1.71 bits per heavy atom. The fourth-order valence-electron chi connectivity index (χ4n) is 3.96. The van der Waals surface area contributed by atoms with Crippen LogP contribution in [0.3, 0.4) is 0 Å². The van der Waals surface area contributed by atoms with E-state index in [9.17, 15) is 8.42 Å². The first-order valence-corrected chi connectivity index (χ1v) is 9.64. The van der Waals surface area contributed by atoms with E-state index >= 15 is 0 Å². The largest absolute Gasteiger partial charge is 0.228 e. The van der Waals surface area contributed by atoms with Gasteiger partial charge in [-0.2, -0.15) is 0 Å². The van der Waals surface area contributed by atoms with Crippen molar-refractivity contribution < 1.29 is 8.42 Å². The van der Waals surface area contributed by atoms with E-state index in [0.717, 1.165) is 25.7 Å². The summed E-state index contributed by atoms with van der Waals surface area (Å²) in [7, 11) is -2.89. The maximum absolute atomic E-state index is 12.3. The topological polar surface area (TPSA) is 34.1 Å². The molecular formula is C18H24O2S. The number of benzene rings is 1. The van der Waals surface area contributed by atoms with Gasteiger partial charge in [0.2, 0.25) is 0 Å². The molecule has 1 fully saturated rings. The smallest absolute Gasteiger partial charge is 0.159 e. The highest BCUT2D eigenvalue weighted by Gasteiger charge is 2.43. The fraction of sp³-hybridized carbons (Fsp3) is 0.556. The van der Waals surface area contributed by atoms with Crippen LogP contribution in [0.15, 0.2) is 18.2 Å². The minimum atomic E-state index is -2.89. The predicted octanol–water partition coefficient (Wildman–Crippen LogP) is 3.85. The van der Waals surface area contributed by atoms with E-state index in [1.807, 2.05) is 0 Å². The van der Waals surface area contributed by atoms with E-state index in [4.69, 9.17) is 0 Å². The van der Waals surface area contributed by atoms with Gasteiger partial charge in [0.15, 0.2) is 9.84 Å². The molecule has 1 aromatic rings. The third-order valence-electron chi connectivity index (χ3n) is 5.02. The minimum absolute atomic E-state index is 0.141. The van der Waals surface area contributed by atoms with Crippen LogP contribution >= 0.6 is 0 Å². The highest BCUT2D eigenvalue weighted by Crippen LogP contribution is 2.42. The number of allylic oxidation sites excluding steroid dienone is 1. The van der Waals surface area contributed by atoms with Gasteiger partial charge in [-0.15, -0.1) is 0 Å². The molecule has 1 saturated heterocycles. The van der Waals surface area contributed by atoms with Crippen molar-refractivity contribution in [2.75, 3.05) is 0 Å². The van der Waals surface area contributed by atoms with Gasteiger partial charge >= 0.3 is 0 Å². The van der Waals surface area contributed by atoms with E-state index in [2.05, 4.69) is 39.0 Å². The number of hydrogen-bond donors (Lipinski definition) is 0. The summed E-state index contributed by atoms with van der Waals surface area (Å²) in [6.07, 6.45) is 6.42. The van der Waals surface area contributed by atoms with Gasteiger partial charge in [-0.3, -0.25) is 0 Å². The third kappa shape index (κ3) is 2.36. The van der Waals surface area contributed by atoms with E-state index in [1.54, 1.807) is 0 Å². The van der Waals surface area contributed by atoms with Gasteiger partial charge in [0.25, 0.3) is 0 Å². The van der Waals surface area contributed by atoms with Crippen LogP contribution in [0.1, 0.15) is 55.4 Å². The van der Waals surface area contributed by atoms with Gasteiger partial charge in [0.1, 0.15) is 0 Å². The predicted molar refractivity (Wildman–Crippen MR) is 88.3 cm³/mol. The molecule has 0 aromatic heterocycles. The second-order valence-electron chi connectivity index (χ2n) is 6.39. The molecule has 2 bridgehead atoms. The summed E-state index contributed by atoms with van der Waals surface area (Å²) in [4.78, 5) is 0. The molecule has 0 radical (unpaired) electrons. The monoisotopic (exact) mass is 304 g/mol. The van der Waals surface area contributed by atoms with Crippen LogP contribution in [0.5, 0.6) is 0 Å². The first-order chi connectivity index (χ1) is 9.97. The molecule has 0 aliphatic carbocycles. The summed E-state index contributed by atoms with van der Waals surface area (Å²) < 4.78 is 24.5. The first-order valence-electron chi connectivity index (χ1n) is 8.03. The Kier molecular flexibility index (Phi) is 3.73. The molecule has 2 heterocycles. The number of aryl methyl sites for hydroxylation is 3. The van der Waals surface area contributed by atoms with Crippen LogP contribution in [0.4, 0.5) is 0 Å². The van der Waals surface area contributed by atoms with E-state index in [-0.39, 0.29) is 10.5 Å². The normalized spacial score (nSPS) is 26.7. The summed E-state index contributed by atoms with van der Waals surface area (Å²) in [5, 5.41) is -0.375. The molecule has 1 aromatic carbocycles. The Labute approximate surface area is 128 Å². The van der Waals surface area contributed by atoms with Crippen molar-refractivity contribution in [3.8, 4) is 0 Å². The van der Waals surface area contributed by atoms with E-state index in [1.165, 1.54) is 27.8 Å². The Bertz CT molecular complexity index is 673. The number of fused-ring (bicyclic) bond motifs is 2. The van der Waals surface area contributed by atoms with Crippen molar-refractivity contribution in [2.24, 2.45) is 0 Å². The molecule has 3 heteroatoms.